The first kappa shape index (κ1) is 13.3. The highest BCUT2D eigenvalue weighted by atomic mass is 31.2. The van der Waals surface area contributed by atoms with E-state index in [4.69, 9.17) is 14.5 Å². The van der Waals surface area contributed by atoms with E-state index >= 15 is 0 Å². The van der Waals surface area contributed by atoms with Crippen molar-refractivity contribution in [3.05, 3.63) is 17.5 Å². The summed E-state index contributed by atoms with van der Waals surface area (Å²) in [7, 11) is -3.12. The van der Waals surface area contributed by atoms with Crippen LogP contribution in [0.4, 0.5) is 0 Å². The van der Waals surface area contributed by atoms with Crippen molar-refractivity contribution in [3.63, 3.8) is 0 Å². The quantitative estimate of drug-likeness (QED) is 0.325. The molecule has 14 heavy (non-hydrogen) atoms. The molecule has 0 amide bonds. The van der Waals surface area contributed by atoms with Crippen molar-refractivity contribution in [2.24, 2.45) is 0 Å². The molecule has 0 bridgehead atoms. The lowest BCUT2D eigenvalue weighted by atomic mass is 10.9. The van der Waals surface area contributed by atoms with E-state index in [9.17, 15) is 4.57 Å². The van der Waals surface area contributed by atoms with E-state index in [1.807, 2.05) is 0 Å². The number of allylic oxidation sites excluding steroid dienone is 2. The van der Waals surface area contributed by atoms with Gasteiger partial charge < -0.3 is 9.05 Å². The summed E-state index contributed by atoms with van der Waals surface area (Å²) in [6, 6.07) is 0. The van der Waals surface area contributed by atoms with Gasteiger partial charge in [0.2, 0.25) is 0 Å². The molecule has 0 fully saturated rings. The van der Waals surface area contributed by atoms with Gasteiger partial charge in [-0.2, -0.15) is 0 Å². The zero-order valence-corrected chi connectivity index (χ0v) is 9.64. The highest BCUT2D eigenvalue weighted by Gasteiger charge is 2.19. The first-order valence-corrected chi connectivity index (χ1v) is 6.03. The maximum absolute atomic E-state index is 11.9. The summed E-state index contributed by atoms with van der Waals surface area (Å²) in [6.07, 6.45) is 1.41. The fourth-order valence-corrected chi connectivity index (χ4v) is 2.39. The third-order valence-corrected chi connectivity index (χ3v) is 3.24. The smallest absolute Gasteiger partial charge is 0.306 e. The van der Waals surface area contributed by atoms with E-state index in [0.29, 0.717) is 18.8 Å². The van der Waals surface area contributed by atoms with E-state index in [2.05, 4.69) is 5.87 Å². The maximum atomic E-state index is 11.9. The highest BCUT2D eigenvalue weighted by Crippen LogP contribution is 2.50. The highest BCUT2D eigenvalue weighted by molar-refractivity contribution is 7.57. The van der Waals surface area contributed by atoms with Gasteiger partial charge >= 0.3 is 7.60 Å². The van der Waals surface area contributed by atoms with Crippen molar-refractivity contribution >= 4 is 13.5 Å². The maximum Gasteiger partial charge on any atom is 0.354 e. The molecule has 0 atom stereocenters. The minimum absolute atomic E-state index is 0.329. The minimum atomic E-state index is -3.12. The first-order valence-electron chi connectivity index (χ1n) is 4.41. The Hall–Kier alpha value is -0.660. The molecule has 4 nitrogen and oxygen atoms in total. The second-order valence-electron chi connectivity index (χ2n) is 2.54. The van der Waals surface area contributed by atoms with E-state index in [-0.39, 0.29) is 0 Å². The lowest BCUT2D eigenvalue weighted by Gasteiger charge is -2.12. The molecular weight excluding hydrogens is 206 g/mol. The van der Waals surface area contributed by atoms with Gasteiger partial charge in [-0.05, 0) is 32.2 Å². The molecule has 0 saturated carbocycles. The predicted molar refractivity (Wildman–Crippen MR) is 56.9 cm³/mol. The van der Waals surface area contributed by atoms with Crippen LogP contribution in [0.25, 0.3) is 0 Å². The molecule has 0 aliphatic rings. The molecule has 0 aromatic rings. The summed E-state index contributed by atoms with van der Waals surface area (Å²) in [6.45, 7) is 5.87. The number of hydrogen-bond acceptors (Lipinski definition) is 4. The fraction of sp³-hybridized carbons (Fsp3) is 0.556. The van der Waals surface area contributed by atoms with Gasteiger partial charge in [0.05, 0.1) is 13.2 Å². The van der Waals surface area contributed by atoms with Crippen molar-refractivity contribution in [1.29, 1.82) is 5.41 Å². The molecule has 0 spiro atoms. The molecule has 0 aromatic carbocycles. The van der Waals surface area contributed by atoms with Crippen molar-refractivity contribution < 1.29 is 13.6 Å². The SMILES string of the molecule is CCOP(=O)(/[13CH]=[13C](\[13CH3])[13CH]=[13C]=N)OCC. The van der Waals surface area contributed by atoms with Crippen molar-refractivity contribution in [2.45, 2.75) is 20.8 Å². The van der Waals surface area contributed by atoms with E-state index in [0.717, 1.165) is 0 Å². The van der Waals surface area contributed by atoms with Crippen molar-refractivity contribution in [3.8, 4) is 0 Å². The van der Waals surface area contributed by atoms with Gasteiger partial charge in [-0.1, -0.05) is 0 Å². The molecule has 0 aliphatic heterocycles. The lowest BCUT2D eigenvalue weighted by Crippen LogP contribution is -1.93. The molecular formula is C9H16NO3P. The molecule has 0 rings (SSSR count). The summed E-state index contributed by atoms with van der Waals surface area (Å²) in [5, 5.41) is 6.73. The number of hydrogen-bond donors (Lipinski definition) is 1. The van der Waals surface area contributed by atoms with Crippen LogP contribution in [-0.2, 0) is 13.6 Å². The average molecular weight is 222 g/mol. The Bertz CT molecular complexity index is 282. The molecule has 5 heteroatoms. The average Bonchev–Trinajstić information content (AvgIpc) is 2.04. The van der Waals surface area contributed by atoms with Crippen LogP contribution < -0.4 is 0 Å². The Labute approximate surface area is 84.7 Å². The fourth-order valence-electron chi connectivity index (χ4n) is 0.872. The van der Waals surface area contributed by atoms with Gasteiger partial charge in [-0.3, -0.25) is 9.97 Å². The Morgan fingerprint density at radius 1 is 1.43 bits per heavy atom. The van der Waals surface area contributed by atoms with Gasteiger partial charge in [-0.25, -0.2) is 0 Å². The largest absolute Gasteiger partial charge is 0.354 e. The summed E-state index contributed by atoms with van der Waals surface area (Å²) < 4.78 is 21.9. The number of rotatable bonds is 6. The zero-order chi connectivity index (χ0) is 11.0. The van der Waals surface area contributed by atoms with Crippen LogP contribution >= 0.6 is 7.60 Å². The van der Waals surface area contributed by atoms with Gasteiger partial charge in [0.25, 0.3) is 0 Å². The van der Waals surface area contributed by atoms with Gasteiger partial charge in [0.1, 0.15) is 0 Å². The van der Waals surface area contributed by atoms with E-state index in [1.54, 1.807) is 20.8 Å². The normalized spacial score (nSPS) is 12.4. The van der Waals surface area contributed by atoms with Crippen LogP contribution in [0.15, 0.2) is 17.5 Å². The first-order chi connectivity index (χ1) is 6.58. The van der Waals surface area contributed by atoms with Gasteiger partial charge in [-0.15, -0.1) is 0 Å². The monoisotopic (exact) mass is 222 g/mol. The Balaban J connectivity index is 4.74. The van der Waals surface area contributed by atoms with Crippen LogP contribution in [0, 0.1) is 5.41 Å². The topological polar surface area (TPSA) is 59.4 Å². The van der Waals surface area contributed by atoms with E-state index < -0.39 is 7.60 Å². The molecule has 0 aliphatic carbocycles. The Morgan fingerprint density at radius 3 is 2.29 bits per heavy atom. The molecule has 0 heterocycles. The molecule has 0 radical (unpaired) electrons. The Kier molecular flexibility index (Phi) is 6.43. The Morgan fingerprint density at radius 2 is 1.93 bits per heavy atom. The third kappa shape index (κ3) is 5.15. The van der Waals surface area contributed by atoms with Gasteiger partial charge in [0.15, 0.2) is 0 Å². The molecule has 0 unspecified atom stereocenters. The van der Waals surface area contributed by atoms with Crippen LogP contribution in [0.3, 0.4) is 0 Å². The minimum Gasteiger partial charge on any atom is -0.306 e. The third-order valence-electron chi connectivity index (χ3n) is 1.28. The number of nitrogens with one attached hydrogen (secondary N) is 1. The summed E-state index contributed by atoms with van der Waals surface area (Å²) in [4.78, 5) is 0. The lowest BCUT2D eigenvalue weighted by molar-refractivity contribution is 0.229. The second-order valence-corrected chi connectivity index (χ2v) is 4.39. The summed E-state index contributed by atoms with van der Waals surface area (Å²) in [5.41, 5.74) is 0.644. The van der Waals surface area contributed by atoms with Crippen molar-refractivity contribution in [1.82, 2.24) is 0 Å². The standard InChI is InChI=1S/C9H16NO3P/c1-4-12-14(11,13-5-2)8-9(3)6-7-10/h6,8,10H,4-5H2,1-3H3/b9-8+/i3+1,6+1,7+1,8+1,9+1. The van der Waals surface area contributed by atoms with Crippen LogP contribution in [-0.4, -0.2) is 19.1 Å². The molecule has 80 valence electrons. The summed E-state index contributed by atoms with van der Waals surface area (Å²) >= 11 is 0. The zero-order valence-electron chi connectivity index (χ0n) is 8.74. The van der Waals surface area contributed by atoms with Crippen LogP contribution in [0.2, 0.25) is 0 Å². The van der Waals surface area contributed by atoms with Gasteiger partial charge in [0, 0.05) is 11.9 Å². The van der Waals surface area contributed by atoms with Crippen molar-refractivity contribution in [2.75, 3.05) is 13.2 Å². The molecule has 0 aromatic heterocycles. The molecule has 1 N–H and O–H groups in total. The second kappa shape index (κ2) is 6.74. The van der Waals surface area contributed by atoms with E-state index in [1.165, 1.54) is 11.9 Å². The van der Waals surface area contributed by atoms with Crippen LogP contribution in [0.5, 0.6) is 0 Å². The molecule has 0 saturated heterocycles. The summed E-state index contributed by atoms with van der Waals surface area (Å²) in [5.74, 6) is 3.50. The predicted octanol–water partition coefficient (Wildman–Crippen LogP) is 2.96. The van der Waals surface area contributed by atoms with Crippen LogP contribution in [0.1, 0.15) is 20.8 Å².